The number of hydrogen-bond acceptors (Lipinski definition) is 4. The van der Waals surface area contributed by atoms with Crippen molar-refractivity contribution in [1.29, 1.82) is 0 Å². The zero-order valence-corrected chi connectivity index (χ0v) is 15.5. The van der Waals surface area contributed by atoms with E-state index in [9.17, 15) is 0 Å². The maximum Gasteiger partial charge on any atom is 0.458 e. The first kappa shape index (κ1) is 17.8. The zero-order chi connectivity index (χ0) is 16.5. The van der Waals surface area contributed by atoms with Gasteiger partial charge in [-0.05, 0) is 59.2 Å². The van der Waals surface area contributed by atoms with Crippen LogP contribution in [-0.4, -0.2) is 43.1 Å². The Hall–Kier alpha value is -0.545. The van der Waals surface area contributed by atoms with Gasteiger partial charge in [0.15, 0.2) is 0 Å². The van der Waals surface area contributed by atoms with Gasteiger partial charge in [0.2, 0.25) is 0 Å². The minimum Gasteiger partial charge on any atom is -0.403 e. The van der Waals surface area contributed by atoms with Crippen molar-refractivity contribution in [3.63, 3.8) is 0 Å². The molecule has 1 aliphatic heterocycles. The zero-order valence-electron chi connectivity index (χ0n) is 15.5. The van der Waals surface area contributed by atoms with E-state index in [1.807, 2.05) is 19.1 Å². The highest BCUT2D eigenvalue weighted by Gasteiger charge is 2.51. The van der Waals surface area contributed by atoms with Crippen molar-refractivity contribution in [3.05, 3.63) is 0 Å². The topological polar surface area (TPSA) is 34.1 Å². The summed E-state index contributed by atoms with van der Waals surface area (Å²) in [5.74, 6) is 1.10. The molecule has 5 heteroatoms. The van der Waals surface area contributed by atoms with Gasteiger partial charge in [-0.1, -0.05) is 13.3 Å². The molecule has 0 aromatic rings. The molecule has 4 nitrogen and oxygen atoms in total. The third-order valence-electron chi connectivity index (χ3n) is 5.51. The van der Waals surface area contributed by atoms with Gasteiger partial charge in [0.05, 0.1) is 11.2 Å². The van der Waals surface area contributed by atoms with Gasteiger partial charge in [0, 0.05) is 25.7 Å². The average Bonchev–Trinajstić information content (AvgIpc) is 2.56. The Bertz CT molecular complexity index is 405. The molecule has 2 atom stereocenters. The van der Waals surface area contributed by atoms with Crippen LogP contribution in [0.2, 0.25) is 6.32 Å². The van der Waals surface area contributed by atoms with Crippen LogP contribution in [0.5, 0.6) is 0 Å². The summed E-state index contributed by atoms with van der Waals surface area (Å²) in [5, 5.41) is 6.68. The summed E-state index contributed by atoms with van der Waals surface area (Å²) in [7, 11) is 3.93. The first-order valence-electron chi connectivity index (χ1n) is 8.73. The van der Waals surface area contributed by atoms with Crippen molar-refractivity contribution in [3.8, 4) is 0 Å². The van der Waals surface area contributed by atoms with Crippen LogP contribution >= 0.6 is 0 Å². The molecule has 1 saturated heterocycles. The quantitative estimate of drug-likeness (QED) is 0.585. The van der Waals surface area contributed by atoms with E-state index in [1.165, 1.54) is 25.0 Å². The Morgan fingerprint density at radius 3 is 2.32 bits per heavy atom. The van der Waals surface area contributed by atoms with Crippen molar-refractivity contribution < 1.29 is 9.31 Å². The molecule has 126 valence electrons. The molecule has 2 fully saturated rings. The molecule has 0 radical (unpaired) electrons. The van der Waals surface area contributed by atoms with E-state index >= 15 is 0 Å². The maximum absolute atomic E-state index is 6.17. The van der Waals surface area contributed by atoms with Crippen molar-refractivity contribution in [2.75, 3.05) is 14.1 Å². The highest BCUT2D eigenvalue weighted by atomic mass is 16.7. The number of hydrogen-bond donors (Lipinski definition) is 0. The second-order valence-electron chi connectivity index (χ2n) is 8.19. The molecule has 0 unspecified atom stereocenters. The molecule has 22 heavy (non-hydrogen) atoms. The number of hydrazone groups is 1. The molecule has 1 saturated carbocycles. The SMILES string of the molecule is C[C@H](CB1OC(C)(C)C(C)(C)O1)[C@H]1CCCC/C1=N\N(C)C. The van der Waals surface area contributed by atoms with Crippen LogP contribution in [0.3, 0.4) is 0 Å². The van der Waals surface area contributed by atoms with Crippen LogP contribution in [0.25, 0.3) is 0 Å². The fourth-order valence-corrected chi connectivity index (χ4v) is 3.55. The summed E-state index contributed by atoms with van der Waals surface area (Å²) in [6.45, 7) is 10.8. The average molecular weight is 308 g/mol. The van der Waals surface area contributed by atoms with E-state index in [1.54, 1.807) is 0 Å². The Balaban J connectivity index is 2.01. The van der Waals surface area contributed by atoms with Crippen molar-refractivity contribution in [1.82, 2.24) is 5.01 Å². The second kappa shape index (κ2) is 6.52. The van der Waals surface area contributed by atoms with Gasteiger partial charge in [-0.15, -0.1) is 0 Å². The molecule has 1 aliphatic carbocycles. The predicted octanol–water partition coefficient (Wildman–Crippen LogP) is 3.82. The summed E-state index contributed by atoms with van der Waals surface area (Å²) in [5.41, 5.74) is 0.898. The summed E-state index contributed by atoms with van der Waals surface area (Å²) < 4.78 is 12.3. The Kier molecular flexibility index (Phi) is 5.28. The van der Waals surface area contributed by atoms with E-state index in [-0.39, 0.29) is 18.3 Å². The van der Waals surface area contributed by atoms with E-state index in [2.05, 4.69) is 34.6 Å². The molecule has 0 aromatic heterocycles. The molecule has 0 aromatic carbocycles. The van der Waals surface area contributed by atoms with Crippen LogP contribution in [0, 0.1) is 11.8 Å². The molecular weight excluding hydrogens is 275 g/mol. The van der Waals surface area contributed by atoms with Crippen molar-refractivity contribution in [2.24, 2.45) is 16.9 Å². The van der Waals surface area contributed by atoms with Crippen LogP contribution < -0.4 is 0 Å². The molecular formula is C17H33BN2O2. The van der Waals surface area contributed by atoms with E-state index in [0.717, 1.165) is 12.7 Å². The van der Waals surface area contributed by atoms with Crippen LogP contribution in [0.4, 0.5) is 0 Å². The Morgan fingerprint density at radius 2 is 1.77 bits per heavy atom. The number of nitrogens with zero attached hydrogens (tertiary/aromatic N) is 2. The lowest BCUT2D eigenvalue weighted by atomic mass is 9.69. The predicted molar refractivity (Wildman–Crippen MR) is 93.1 cm³/mol. The fourth-order valence-electron chi connectivity index (χ4n) is 3.55. The van der Waals surface area contributed by atoms with Crippen LogP contribution in [0.1, 0.15) is 60.3 Å². The molecule has 2 rings (SSSR count). The first-order valence-corrected chi connectivity index (χ1v) is 8.73. The van der Waals surface area contributed by atoms with Gasteiger partial charge < -0.3 is 14.3 Å². The van der Waals surface area contributed by atoms with Gasteiger partial charge in [0.1, 0.15) is 0 Å². The Labute approximate surface area is 136 Å². The van der Waals surface area contributed by atoms with E-state index in [0.29, 0.717) is 11.8 Å². The van der Waals surface area contributed by atoms with Gasteiger partial charge in [-0.25, -0.2) is 0 Å². The minimum atomic E-state index is -0.232. The highest BCUT2D eigenvalue weighted by Crippen LogP contribution is 2.40. The van der Waals surface area contributed by atoms with E-state index in [4.69, 9.17) is 14.4 Å². The van der Waals surface area contributed by atoms with Crippen molar-refractivity contribution >= 4 is 12.8 Å². The first-order chi connectivity index (χ1) is 10.1. The minimum absolute atomic E-state index is 0.0949. The van der Waals surface area contributed by atoms with Gasteiger partial charge >= 0.3 is 7.12 Å². The summed E-state index contributed by atoms with van der Waals surface area (Å²) in [4.78, 5) is 0. The standard InChI is InChI=1S/C17H33BN2O2/c1-13(12-18-21-16(2,3)17(4,5)22-18)14-10-8-9-11-15(14)19-20(6)7/h13-14H,8-12H2,1-7H3/b19-15+/t13-,14-/m1/s1. The van der Waals surface area contributed by atoms with Crippen LogP contribution in [0.15, 0.2) is 5.10 Å². The molecule has 0 bridgehead atoms. The third kappa shape index (κ3) is 3.86. The monoisotopic (exact) mass is 308 g/mol. The molecule has 1 heterocycles. The van der Waals surface area contributed by atoms with Gasteiger partial charge in [0.25, 0.3) is 0 Å². The lowest BCUT2D eigenvalue weighted by Crippen LogP contribution is -2.41. The lowest BCUT2D eigenvalue weighted by molar-refractivity contribution is 0.00578. The molecule has 0 N–H and O–H groups in total. The van der Waals surface area contributed by atoms with Gasteiger partial charge in [-0.3, -0.25) is 0 Å². The second-order valence-corrected chi connectivity index (χ2v) is 8.19. The third-order valence-corrected chi connectivity index (χ3v) is 5.51. The molecule has 2 aliphatic rings. The highest BCUT2D eigenvalue weighted by molar-refractivity contribution is 6.45. The van der Waals surface area contributed by atoms with Gasteiger partial charge in [-0.2, -0.15) is 5.10 Å². The summed E-state index contributed by atoms with van der Waals surface area (Å²) in [6.07, 6.45) is 5.91. The van der Waals surface area contributed by atoms with Crippen molar-refractivity contribution in [2.45, 2.75) is 77.8 Å². The molecule has 0 spiro atoms. The normalized spacial score (nSPS) is 30.6. The smallest absolute Gasteiger partial charge is 0.403 e. The summed E-state index contributed by atoms with van der Waals surface area (Å²) >= 11 is 0. The lowest BCUT2D eigenvalue weighted by Gasteiger charge is -2.32. The number of rotatable bonds is 4. The maximum atomic E-state index is 6.17. The largest absolute Gasteiger partial charge is 0.458 e. The van der Waals surface area contributed by atoms with E-state index < -0.39 is 0 Å². The Morgan fingerprint density at radius 1 is 1.18 bits per heavy atom. The van der Waals surface area contributed by atoms with Crippen LogP contribution in [-0.2, 0) is 9.31 Å². The summed E-state index contributed by atoms with van der Waals surface area (Å²) in [6, 6.07) is 0. The molecule has 0 amide bonds. The fraction of sp³-hybridized carbons (Fsp3) is 0.941.